The molecule has 1 aromatic heterocycles. The molecular weight excluding hydrogens is 423 g/mol. The molecule has 2 aromatic rings. The van der Waals surface area contributed by atoms with Crippen molar-refractivity contribution in [3.8, 4) is 0 Å². The summed E-state index contributed by atoms with van der Waals surface area (Å²) < 4.78 is -1.41. The molecule has 0 aliphatic heterocycles. The molecule has 23 heavy (non-hydrogen) atoms. The van der Waals surface area contributed by atoms with Gasteiger partial charge in [-0.05, 0) is 25.1 Å². The van der Waals surface area contributed by atoms with E-state index in [1.54, 1.807) is 25.1 Å². The molecule has 4 nitrogen and oxygen atoms in total. The van der Waals surface area contributed by atoms with Crippen LogP contribution in [0, 0.1) is 6.92 Å². The van der Waals surface area contributed by atoms with Gasteiger partial charge in [-0.1, -0.05) is 58.0 Å². The van der Waals surface area contributed by atoms with Crippen molar-refractivity contribution in [1.82, 2.24) is 4.98 Å². The first-order chi connectivity index (χ1) is 10.6. The van der Waals surface area contributed by atoms with Gasteiger partial charge in [-0.3, -0.25) is 5.32 Å². The van der Waals surface area contributed by atoms with Crippen LogP contribution < -0.4 is 10.6 Å². The molecular formula is C13H10Cl5N3OS. The summed E-state index contributed by atoms with van der Waals surface area (Å²) in [5, 5.41) is 6.41. The second-order valence-corrected chi connectivity index (χ2v) is 8.94. The highest BCUT2D eigenvalue weighted by Crippen LogP contribution is 2.35. The first-order valence-electron chi connectivity index (χ1n) is 6.20. The first kappa shape index (κ1) is 18.9. The molecule has 0 spiro atoms. The summed E-state index contributed by atoms with van der Waals surface area (Å²) in [6.45, 7) is 1.78. The number of rotatable bonds is 3. The Kier molecular flexibility index (Phi) is 6.28. The van der Waals surface area contributed by atoms with Crippen LogP contribution in [-0.4, -0.2) is 14.8 Å². The number of carbonyl (C=O) groups is 1. The van der Waals surface area contributed by atoms with Crippen LogP contribution in [0.2, 0.25) is 10.0 Å². The zero-order valence-corrected chi connectivity index (χ0v) is 16.2. The van der Waals surface area contributed by atoms with Gasteiger partial charge < -0.3 is 5.32 Å². The number of anilines is 2. The van der Waals surface area contributed by atoms with E-state index in [-0.39, 0.29) is 6.42 Å². The van der Waals surface area contributed by atoms with Crippen LogP contribution in [-0.2, 0) is 6.42 Å². The number of nitrogens with zero attached hydrogens (tertiary/aromatic N) is 1. The maximum Gasteiger partial charge on any atom is 0.325 e. The van der Waals surface area contributed by atoms with E-state index in [0.717, 1.165) is 4.88 Å². The molecule has 124 valence electrons. The van der Waals surface area contributed by atoms with Crippen molar-refractivity contribution in [3.05, 3.63) is 38.8 Å². The summed E-state index contributed by atoms with van der Waals surface area (Å²) >= 11 is 30.3. The van der Waals surface area contributed by atoms with E-state index in [2.05, 4.69) is 15.6 Å². The Hall–Kier alpha value is -0.430. The predicted molar refractivity (Wildman–Crippen MR) is 99.9 cm³/mol. The maximum absolute atomic E-state index is 12.0. The number of alkyl halides is 3. The van der Waals surface area contributed by atoms with Gasteiger partial charge in [0.1, 0.15) is 0 Å². The van der Waals surface area contributed by atoms with Crippen molar-refractivity contribution in [3.63, 3.8) is 0 Å². The van der Waals surface area contributed by atoms with Gasteiger partial charge in [0.25, 0.3) is 0 Å². The van der Waals surface area contributed by atoms with Gasteiger partial charge >= 0.3 is 6.03 Å². The lowest BCUT2D eigenvalue weighted by molar-refractivity contribution is 0.262. The van der Waals surface area contributed by atoms with Gasteiger partial charge in [0.05, 0.1) is 15.7 Å². The molecule has 0 aliphatic carbocycles. The van der Waals surface area contributed by atoms with E-state index in [1.807, 2.05) is 0 Å². The standard InChI is InChI=1S/C13H10Cl5N3OS/c1-6-10(5-13(16,17)18)23-12(19-6)21-11(22)20-7-2-3-8(14)9(15)4-7/h2-4H,5H2,1H3,(H2,19,20,21,22). The number of hydrogen-bond donors (Lipinski definition) is 2. The summed E-state index contributed by atoms with van der Waals surface area (Å²) in [6.07, 6.45) is 0.220. The quantitative estimate of drug-likeness (QED) is 0.557. The number of amides is 2. The van der Waals surface area contributed by atoms with Crippen LogP contribution in [0.5, 0.6) is 0 Å². The highest BCUT2D eigenvalue weighted by molar-refractivity contribution is 7.16. The molecule has 2 N–H and O–H groups in total. The molecule has 2 amide bonds. The van der Waals surface area contributed by atoms with Gasteiger partial charge in [-0.2, -0.15) is 0 Å². The van der Waals surface area contributed by atoms with Crippen LogP contribution in [0.25, 0.3) is 0 Å². The molecule has 10 heteroatoms. The summed E-state index contributed by atoms with van der Waals surface area (Å²) in [5.41, 5.74) is 1.21. The van der Waals surface area contributed by atoms with Crippen LogP contribution >= 0.6 is 69.3 Å². The fraction of sp³-hybridized carbons (Fsp3) is 0.231. The molecule has 0 saturated carbocycles. The largest absolute Gasteiger partial charge is 0.325 e. The molecule has 0 saturated heterocycles. The fourth-order valence-electron chi connectivity index (χ4n) is 1.66. The topological polar surface area (TPSA) is 54.0 Å². The van der Waals surface area contributed by atoms with E-state index in [9.17, 15) is 4.79 Å². The number of aromatic nitrogens is 1. The lowest BCUT2D eigenvalue weighted by atomic mass is 10.3. The van der Waals surface area contributed by atoms with E-state index < -0.39 is 9.82 Å². The number of hydrogen-bond acceptors (Lipinski definition) is 3. The van der Waals surface area contributed by atoms with Gasteiger partial charge in [0.2, 0.25) is 0 Å². The van der Waals surface area contributed by atoms with Crippen molar-refractivity contribution in [2.75, 3.05) is 10.6 Å². The molecule has 0 bridgehead atoms. The Morgan fingerprint density at radius 2 is 1.91 bits per heavy atom. The number of carbonyl (C=O) groups excluding carboxylic acids is 1. The molecule has 0 aliphatic rings. The maximum atomic E-state index is 12.0. The molecule has 0 fully saturated rings. The average molecular weight is 434 g/mol. The fourth-order valence-corrected chi connectivity index (χ4v) is 3.64. The number of urea groups is 1. The zero-order valence-electron chi connectivity index (χ0n) is 11.6. The number of benzene rings is 1. The normalized spacial score (nSPS) is 11.4. The molecule has 0 unspecified atom stereocenters. The molecule has 1 aromatic carbocycles. The van der Waals surface area contributed by atoms with Gasteiger partial charge in [0.15, 0.2) is 8.92 Å². The average Bonchev–Trinajstić information content (AvgIpc) is 2.71. The second-order valence-electron chi connectivity index (χ2n) is 4.53. The smallest absolute Gasteiger partial charge is 0.308 e. The SMILES string of the molecule is Cc1nc(NC(=O)Nc2ccc(Cl)c(Cl)c2)sc1CC(Cl)(Cl)Cl. The second kappa shape index (κ2) is 7.64. The third kappa shape index (κ3) is 5.85. The molecule has 0 radical (unpaired) electrons. The minimum atomic E-state index is -1.41. The Bertz CT molecular complexity index is 729. The van der Waals surface area contributed by atoms with Crippen molar-refractivity contribution in [1.29, 1.82) is 0 Å². The highest BCUT2D eigenvalue weighted by Gasteiger charge is 2.23. The Balaban J connectivity index is 2.03. The number of nitrogens with one attached hydrogen (secondary N) is 2. The monoisotopic (exact) mass is 431 g/mol. The van der Waals surface area contributed by atoms with Gasteiger partial charge in [-0.25, -0.2) is 9.78 Å². The van der Waals surface area contributed by atoms with Crippen LogP contribution in [0.1, 0.15) is 10.6 Å². The minimum Gasteiger partial charge on any atom is -0.308 e. The lowest BCUT2D eigenvalue weighted by Gasteiger charge is -2.08. The van der Waals surface area contributed by atoms with Gasteiger partial charge in [0, 0.05) is 17.0 Å². The third-order valence-electron chi connectivity index (χ3n) is 2.65. The van der Waals surface area contributed by atoms with Crippen LogP contribution in [0.3, 0.4) is 0 Å². The summed E-state index contributed by atoms with van der Waals surface area (Å²) in [7, 11) is 0. The Morgan fingerprint density at radius 1 is 1.22 bits per heavy atom. The van der Waals surface area contributed by atoms with E-state index in [0.29, 0.717) is 26.6 Å². The summed E-state index contributed by atoms with van der Waals surface area (Å²) in [4.78, 5) is 17.0. The summed E-state index contributed by atoms with van der Waals surface area (Å²) in [6, 6.07) is 4.31. The van der Waals surface area contributed by atoms with E-state index >= 15 is 0 Å². The van der Waals surface area contributed by atoms with Crippen LogP contribution in [0.15, 0.2) is 18.2 Å². The third-order valence-corrected chi connectivity index (χ3v) is 4.86. The first-order valence-corrected chi connectivity index (χ1v) is 8.91. The molecule has 2 rings (SSSR count). The lowest BCUT2D eigenvalue weighted by Crippen LogP contribution is -2.19. The van der Waals surface area contributed by atoms with Crippen molar-refractivity contribution in [2.45, 2.75) is 17.1 Å². The Labute approximate surface area is 162 Å². The molecule has 0 atom stereocenters. The number of thiazole rings is 1. The van der Waals surface area contributed by atoms with E-state index in [4.69, 9.17) is 58.0 Å². The van der Waals surface area contributed by atoms with E-state index in [1.165, 1.54) is 11.3 Å². The minimum absolute atomic E-state index is 0.220. The van der Waals surface area contributed by atoms with Gasteiger partial charge in [-0.15, -0.1) is 11.3 Å². The predicted octanol–water partition coefficient (Wildman–Crippen LogP) is 6.32. The Morgan fingerprint density at radius 3 is 2.52 bits per heavy atom. The zero-order chi connectivity index (χ0) is 17.2. The van der Waals surface area contributed by atoms with Crippen molar-refractivity contribution >= 4 is 86.2 Å². The summed E-state index contributed by atoms with van der Waals surface area (Å²) in [5.74, 6) is 0. The van der Waals surface area contributed by atoms with Crippen molar-refractivity contribution in [2.24, 2.45) is 0 Å². The number of halogens is 5. The van der Waals surface area contributed by atoms with Crippen LogP contribution in [0.4, 0.5) is 15.6 Å². The number of aryl methyl sites for hydroxylation is 1. The highest BCUT2D eigenvalue weighted by atomic mass is 35.6. The molecule has 1 heterocycles. The van der Waals surface area contributed by atoms with Crippen molar-refractivity contribution < 1.29 is 4.79 Å².